The predicted octanol–water partition coefficient (Wildman–Crippen LogP) is 1.92. The summed E-state index contributed by atoms with van der Waals surface area (Å²) in [6.07, 6.45) is 2.00. The smallest absolute Gasteiger partial charge is 0.147 e. The average Bonchev–Trinajstić information content (AvgIpc) is 2.23. The van der Waals surface area contributed by atoms with E-state index in [9.17, 15) is 17.2 Å². The van der Waals surface area contributed by atoms with Crippen LogP contribution in [0.2, 0.25) is 0 Å². The maximum atomic E-state index is 13.1. The number of rotatable bonds is 7. The molecule has 1 aromatic carbocycles. The molecule has 0 spiro atoms. The van der Waals surface area contributed by atoms with Crippen LogP contribution in [0.3, 0.4) is 0 Å². The number of likely N-dealkylation sites (N-methyl/N-ethyl adjacent to an activating group) is 1. The molecule has 0 aliphatic rings. The van der Waals surface area contributed by atoms with Crippen LogP contribution in [0.25, 0.3) is 0 Å². The van der Waals surface area contributed by atoms with Gasteiger partial charge in [-0.2, -0.15) is 0 Å². The van der Waals surface area contributed by atoms with Gasteiger partial charge in [-0.25, -0.2) is 17.2 Å². The molecule has 0 saturated carbocycles. The van der Waals surface area contributed by atoms with Gasteiger partial charge in [-0.05, 0) is 37.1 Å². The van der Waals surface area contributed by atoms with E-state index in [0.717, 1.165) is 6.07 Å². The standard InChI is InChI=1S/C13H19F2NO2S/c1-3-16-13(4-5-19(2,17)18)8-10-6-11(14)9-12(15)7-10/h6-7,9,13,16H,3-5,8H2,1-2H3. The van der Waals surface area contributed by atoms with Crippen molar-refractivity contribution in [1.29, 1.82) is 0 Å². The van der Waals surface area contributed by atoms with Gasteiger partial charge in [0, 0.05) is 18.4 Å². The van der Waals surface area contributed by atoms with Crippen molar-refractivity contribution in [3.8, 4) is 0 Å². The molecule has 1 aromatic rings. The number of hydrogen-bond donors (Lipinski definition) is 1. The molecule has 0 saturated heterocycles. The first-order valence-electron chi connectivity index (χ1n) is 6.16. The minimum atomic E-state index is -3.03. The van der Waals surface area contributed by atoms with Gasteiger partial charge in [-0.3, -0.25) is 0 Å². The van der Waals surface area contributed by atoms with Gasteiger partial charge >= 0.3 is 0 Å². The van der Waals surface area contributed by atoms with Crippen molar-refractivity contribution in [3.05, 3.63) is 35.4 Å². The van der Waals surface area contributed by atoms with E-state index in [1.54, 1.807) is 0 Å². The normalized spacial score (nSPS) is 13.5. The van der Waals surface area contributed by atoms with Crippen LogP contribution in [-0.2, 0) is 16.3 Å². The number of hydrogen-bond acceptors (Lipinski definition) is 3. The summed E-state index contributed by atoms with van der Waals surface area (Å²) < 4.78 is 48.5. The summed E-state index contributed by atoms with van der Waals surface area (Å²) in [6.45, 7) is 2.58. The van der Waals surface area contributed by atoms with Gasteiger partial charge in [0.15, 0.2) is 0 Å². The zero-order valence-corrected chi connectivity index (χ0v) is 11.9. The summed E-state index contributed by atoms with van der Waals surface area (Å²) in [4.78, 5) is 0. The Morgan fingerprint density at radius 3 is 2.26 bits per heavy atom. The maximum absolute atomic E-state index is 13.1. The zero-order valence-electron chi connectivity index (χ0n) is 11.1. The molecule has 6 heteroatoms. The Balaban J connectivity index is 2.71. The quantitative estimate of drug-likeness (QED) is 0.835. The van der Waals surface area contributed by atoms with Gasteiger partial charge in [0.1, 0.15) is 21.5 Å². The number of nitrogens with one attached hydrogen (secondary N) is 1. The highest BCUT2D eigenvalue weighted by Gasteiger charge is 2.13. The van der Waals surface area contributed by atoms with Crippen molar-refractivity contribution < 1.29 is 17.2 Å². The van der Waals surface area contributed by atoms with Crippen molar-refractivity contribution in [3.63, 3.8) is 0 Å². The predicted molar refractivity (Wildman–Crippen MR) is 71.9 cm³/mol. The molecular weight excluding hydrogens is 272 g/mol. The first kappa shape index (κ1) is 16.0. The molecule has 0 amide bonds. The topological polar surface area (TPSA) is 46.2 Å². The van der Waals surface area contributed by atoms with E-state index in [1.807, 2.05) is 6.92 Å². The molecule has 108 valence electrons. The number of benzene rings is 1. The van der Waals surface area contributed by atoms with E-state index in [1.165, 1.54) is 18.4 Å². The fraction of sp³-hybridized carbons (Fsp3) is 0.538. The third-order valence-electron chi connectivity index (χ3n) is 2.73. The lowest BCUT2D eigenvalue weighted by Gasteiger charge is -2.17. The van der Waals surface area contributed by atoms with Crippen LogP contribution in [0.15, 0.2) is 18.2 Å². The molecule has 0 aliphatic heterocycles. The molecule has 0 aromatic heterocycles. The first-order chi connectivity index (χ1) is 8.80. The molecule has 1 N–H and O–H groups in total. The van der Waals surface area contributed by atoms with Crippen molar-refractivity contribution in [2.45, 2.75) is 25.8 Å². The highest BCUT2D eigenvalue weighted by molar-refractivity contribution is 7.90. The lowest BCUT2D eigenvalue weighted by atomic mass is 10.0. The maximum Gasteiger partial charge on any atom is 0.147 e. The van der Waals surface area contributed by atoms with Crippen molar-refractivity contribution in [2.75, 3.05) is 18.6 Å². The van der Waals surface area contributed by atoms with Crippen LogP contribution >= 0.6 is 0 Å². The molecule has 1 unspecified atom stereocenters. The summed E-state index contributed by atoms with van der Waals surface area (Å²) in [5.74, 6) is -1.18. The summed E-state index contributed by atoms with van der Waals surface area (Å²) in [7, 11) is -3.03. The second-order valence-corrected chi connectivity index (χ2v) is 6.91. The number of sulfone groups is 1. The van der Waals surface area contributed by atoms with Crippen LogP contribution < -0.4 is 5.32 Å². The molecule has 0 radical (unpaired) electrons. The van der Waals surface area contributed by atoms with Crippen molar-refractivity contribution in [2.24, 2.45) is 0 Å². The average molecular weight is 291 g/mol. The Morgan fingerprint density at radius 1 is 1.21 bits per heavy atom. The van der Waals surface area contributed by atoms with Crippen LogP contribution in [0.5, 0.6) is 0 Å². The van der Waals surface area contributed by atoms with E-state index < -0.39 is 21.5 Å². The molecule has 0 aliphatic carbocycles. The first-order valence-corrected chi connectivity index (χ1v) is 8.22. The second-order valence-electron chi connectivity index (χ2n) is 4.65. The molecule has 1 atom stereocenters. The van der Waals surface area contributed by atoms with Gasteiger partial charge in [-0.15, -0.1) is 0 Å². The second kappa shape index (κ2) is 6.96. The number of halogens is 2. The van der Waals surface area contributed by atoms with Crippen molar-refractivity contribution in [1.82, 2.24) is 5.32 Å². The zero-order chi connectivity index (χ0) is 14.5. The van der Waals surface area contributed by atoms with Crippen LogP contribution in [-0.4, -0.2) is 33.0 Å². The Labute approximate surface area is 112 Å². The van der Waals surface area contributed by atoms with E-state index in [0.29, 0.717) is 24.9 Å². The lowest BCUT2D eigenvalue weighted by molar-refractivity contribution is 0.501. The van der Waals surface area contributed by atoms with E-state index in [-0.39, 0.29) is 11.8 Å². The highest BCUT2D eigenvalue weighted by Crippen LogP contribution is 2.12. The molecule has 0 bridgehead atoms. The molecule has 0 heterocycles. The minimum Gasteiger partial charge on any atom is -0.314 e. The van der Waals surface area contributed by atoms with E-state index in [4.69, 9.17) is 0 Å². The van der Waals surface area contributed by atoms with Gasteiger partial charge < -0.3 is 5.32 Å². The van der Waals surface area contributed by atoms with Crippen LogP contribution in [0, 0.1) is 11.6 Å². The molecule has 1 rings (SSSR count). The third-order valence-corrected chi connectivity index (χ3v) is 3.71. The van der Waals surface area contributed by atoms with Crippen LogP contribution in [0.4, 0.5) is 8.78 Å². The molecule has 19 heavy (non-hydrogen) atoms. The molecule has 3 nitrogen and oxygen atoms in total. The van der Waals surface area contributed by atoms with Gasteiger partial charge in [-0.1, -0.05) is 6.92 Å². The van der Waals surface area contributed by atoms with Gasteiger partial charge in [0.05, 0.1) is 5.75 Å². The van der Waals surface area contributed by atoms with Crippen LogP contribution in [0.1, 0.15) is 18.9 Å². The fourth-order valence-corrected chi connectivity index (χ4v) is 2.65. The Morgan fingerprint density at radius 2 is 1.79 bits per heavy atom. The Bertz CT molecular complexity index is 497. The largest absolute Gasteiger partial charge is 0.314 e. The lowest BCUT2D eigenvalue weighted by Crippen LogP contribution is -2.32. The fourth-order valence-electron chi connectivity index (χ4n) is 1.93. The Hall–Kier alpha value is -1.01. The highest BCUT2D eigenvalue weighted by atomic mass is 32.2. The van der Waals surface area contributed by atoms with Gasteiger partial charge in [0.25, 0.3) is 0 Å². The monoisotopic (exact) mass is 291 g/mol. The van der Waals surface area contributed by atoms with E-state index in [2.05, 4.69) is 5.32 Å². The summed E-state index contributed by atoms with van der Waals surface area (Å²) >= 11 is 0. The summed E-state index contributed by atoms with van der Waals surface area (Å²) in [5.41, 5.74) is 0.525. The van der Waals surface area contributed by atoms with E-state index >= 15 is 0 Å². The third kappa shape index (κ3) is 6.63. The molecule has 0 fully saturated rings. The molecular formula is C13H19F2NO2S. The van der Waals surface area contributed by atoms with Gasteiger partial charge in [0.2, 0.25) is 0 Å². The summed E-state index contributed by atoms with van der Waals surface area (Å²) in [5, 5.41) is 3.13. The minimum absolute atomic E-state index is 0.0580. The van der Waals surface area contributed by atoms with Crippen molar-refractivity contribution >= 4 is 9.84 Å². The SMILES string of the molecule is CCNC(CCS(C)(=O)=O)Cc1cc(F)cc(F)c1. The Kier molecular flexibility index (Phi) is 5.87. The summed E-state index contributed by atoms with van der Waals surface area (Å²) in [6, 6.07) is 3.25.